The number of allylic oxidation sites excluding steroid dienone is 3. The lowest BCUT2D eigenvalue weighted by Crippen LogP contribution is -2.04. The third-order valence-corrected chi connectivity index (χ3v) is 3.82. The van der Waals surface area contributed by atoms with Gasteiger partial charge in [0.15, 0.2) is 0 Å². The Balaban J connectivity index is 0.000000595. The molecule has 0 amide bonds. The molecule has 4 N–H and O–H groups in total. The summed E-state index contributed by atoms with van der Waals surface area (Å²) in [5.41, 5.74) is 12.0. The minimum atomic E-state index is 0.467. The van der Waals surface area contributed by atoms with Crippen LogP contribution in [-0.4, -0.2) is 16.5 Å². The van der Waals surface area contributed by atoms with E-state index in [0.717, 1.165) is 40.9 Å². The second-order valence-corrected chi connectivity index (χ2v) is 6.05. The van der Waals surface area contributed by atoms with Crippen LogP contribution in [0.3, 0.4) is 0 Å². The number of pyridine rings is 1. The summed E-state index contributed by atoms with van der Waals surface area (Å²) in [7, 11) is 0. The van der Waals surface area contributed by atoms with Gasteiger partial charge in [-0.3, -0.25) is 0 Å². The van der Waals surface area contributed by atoms with Crippen molar-refractivity contribution in [1.82, 2.24) is 9.97 Å². The number of anilines is 1. The molecule has 0 atom stereocenters. The Morgan fingerprint density at radius 1 is 1.39 bits per heavy atom. The monoisotopic (exact) mass is 332 g/mol. The van der Waals surface area contributed by atoms with Gasteiger partial charge in [0.1, 0.15) is 5.15 Å². The molecule has 0 bridgehead atoms. The molecule has 0 spiro atoms. The fourth-order valence-corrected chi connectivity index (χ4v) is 2.67. The maximum absolute atomic E-state index is 6.12. The quantitative estimate of drug-likeness (QED) is 0.711. The number of aromatic nitrogens is 2. The van der Waals surface area contributed by atoms with Crippen molar-refractivity contribution in [2.45, 2.75) is 40.2 Å². The van der Waals surface area contributed by atoms with Gasteiger partial charge >= 0.3 is 0 Å². The van der Waals surface area contributed by atoms with Crippen LogP contribution in [0.4, 0.5) is 5.69 Å². The molecule has 23 heavy (non-hydrogen) atoms. The number of nitrogens with zero attached hydrogens (tertiary/aromatic N) is 1. The molecule has 5 heteroatoms. The molecule has 0 saturated carbocycles. The summed E-state index contributed by atoms with van der Waals surface area (Å²) in [5, 5.41) is 3.92. The first kappa shape index (κ1) is 17.6. The van der Waals surface area contributed by atoms with Gasteiger partial charge in [0, 0.05) is 24.8 Å². The highest BCUT2D eigenvalue weighted by Crippen LogP contribution is 2.29. The molecule has 2 aromatic heterocycles. The van der Waals surface area contributed by atoms with Gasteiger partial charge in [-0.2, -0.15) is 0 Å². The summed E-state index contributed by atoms with van der Waals surface area (Å²) in [5.74, 6) is 0. The Bertz CT molecular complexity index is 728. The molecule has 0 radical (unpaired) electrons. The topological polar surface area (TPSA) is 66.7 Å². The van der Waals surface area contributed by atoms with Gasteiger partial charge in [0.2, 0.25) is 0 Å². The van der Waals surface area contributed by atoms with Crippen molar-refractivity contribution >= 4 is 28.3 Å². The first-order valence-electron chi connectivity index (χ1n) is 8.06. The molecule has 1 aliphatic carbocycles. The zero-order chi connectivity index (χ0) is 16.8. The molecule has 1 aliphatic rings. The Labute approximate surface area is 142 Å². The predicted octanol–water partition coefficient (Wildman–Crippen LogP) is 4.70. The summed E-state index contributed by atoms with van der Waals surface area (Å²) in [6, 6.07) is 1.85. The fraction of sp³-hybridized carbons (Fsp3) is 0.389. The van der Waals surface area contributed by atoms with Gasteiger partial charge < -0.3 is 16.0 Å². The van der Waals surface area contributed by atoms with E-state index < -0.39 is 0 Å². The maximum Gasteiger partial charge on any atom is 0.131 e. The van der Waals surface area contributed by atoms with E-state index in [1.165, 1.54) is 12.0 Å². The van der Waals surface area contributed by atoms with E-state index in [1.807, 2.05) is 13.0 Å². The largest absolute Gasteiger partial charge is 0.379 e. The van der Waals surface area contributed by atoms with Gasteiger partial charge in [-0.15, -0.1) is 0 Å². The van der Waals surface area contributed by atoms with E-state index in [0.29, 0.717) is 11.7 Å². The zero-order valence-electron chi connectivity index (χ0n) is 14.0. The molecule has 2 heterocycles. The van der Waals surface area contributed by atoms with Crippen molar-refractivity contribution < 1.29 is 0 Å². The summed E-state index contributed by atoms with van der Waals surface area (Å²) in [6.07, 6.45) is 8.62. The number of nitrogens with one attached hydrogen (secondary N) is 2. The van der Waals surface area contributed by atoms with Gasteiger partial charge in [0.25, 0.3) is 0 Å². The van der Waals surface area contributed by atoms with E-state index in [1.54, 1.807) is 0 Å². The third-order valence-electron chi connectivity index (χ3n) is 3.63. The average molecular weight is 333 g/mol. The van der Waals surface area contributed by atoms with Gasteiger partial charge in [-0.05, 0) is 24.5 Å². The predicted molar refractivity (Wildman–Crippen MR) is 100 cm³/mol. The van der Waals surface area contributed by atoms with E-state index in [9.17, 15) is 0 Å². The number of aryl methyl sites for hydroxylation is 1. The highest BCUT2D eigenvalue weighted by Gasteiger charge is 2.13. The Hall–Kier alpha value is -1.78. The molecule has 0 unspecified atom stereocenters. The molecule has 4 nitrogen and oxygen atoms in total. The number of rotatable bonds is 4. The molecule has 0 saturated heterocycles. The number of hydrogen-bond donors (Lipinski definition) is 3. The standard InChI is InChI=1S/C15H17ClN4.C3H8/c1-9-12(7-17)19-15-11(6-13(16)20-14(9)15)18-8-10-4-2-3-5-10;1-3-2/h2-4,6,19H,5,7-8,17H2,1H3,(H,18,20);3H2,1-2H3. The highest BCUT2D eigenvalue weighted by atomic mass is 35.5. The first-order valence-corrected chi connectivity index (χ1v) is 8.44. The third kappa shape index (κ3) is 4.15. The van der Waals surface area contributed by atoms with E-state index in [-0.39, 0.29) is 0 Å². The van der Waals surface area contributed by atoms with Crippen molar-refractivity contribution in [2.75, 3.05) is 11.9 Å². The molecular weight excluding hydrogens is 308 g/mol. The summed E-state index contributed by atoms with van der Waals surface area (Å²) in [6.45, 7) is 7.53. The normalized spacial score (nSPS) is 13.0. The minimum Gasteiger partial charge on any atom is -0.379 e. The summed E-state index contributed by atoms with van der Waals surface area (Å²) in [4.78, 5) is 7.74. The van der Waals surface area contributed by atoms with Crippen molar-refractivity contribution in [3.05, 3.63) is 46.3 Å². The number of H-pyrrole nitrogens is 1. The molecule has 0 aliphatic heterocycles. The molecular formula is C18H25ClN4. The van der Waals surface area contributed by atoms with Crippen LogP contribution in [-0.2, 0) is 6.54 Å². The SMILES string of the molecule is CCC.Cc1c(CN)[nH]c2c(NCC3=CC=CC3)cc(Cl)nc12. The van der Waals surface area contributed by atoms with Crippen LogP contribution in [0.1, 0.15) is 37.9 Å². The lowest BCUT2D eigenvalue weighted by atomic mass is 10.2. The Morgan fingerprint density at radius 3 is 2.74 bits per heavy atom. The summed E-state index contributed by atoms with van der Waals surface area (Å²) >= 11 is 6.12. The molecule has 2 aromatic rings. The summed E-state index contributed by atoms with van der Waals surface area (Å²) < 4.78 is 0. The van der Waals surface area contributed by atoms with E-state index >= 15 is 0 Å². The van der Waals surface area contributed by atoms with Gasteiger partial charge in [-0.25, -0.2) is 4.98 Å². The van der Waals surface area contributed by atoms with Crippen molar-refractivity contribution in [3.8, 4) is 0 Å². The van der Waals surface area contributed by atoms with Crippen LogP contribution in [0.2, 0.25) is 5.15 Å². The van der Waals surface area contributed by atoms with Crippen molar-refractivity contribution in [1.29, 1.82) is 0 Å². The fourth-order valence-electron chi connectivity index (χ4n) is 2.47. The van der Waals surface area contributed by atoms with Crippen molar-refractivity contribution in [3.63, 3.8) is 0 Å². The van der Waals surface area contributed by atoms with E-state index in [2.05, 4.69) is 47.4 Å². The highest BCUT2D eigenvalue weighted by molar-refractivity contribution is 6.30. The molecule has 124 valence electrons. The van der Waals surface area contributed by atoms with Crippen LogP contribution in [0.5, 0.6) is 0 Å². The molecule has 3 rings (SSSR count). The smallest absolute Gasteiger partial charge is 0.131 e. The second-order valence-electron chi connectivity index (χ2n) is 5.67. The number of aromatic amines is 1. The number of fused-ring (bicyclic) bond motifs is 1. The minimum absolute atomic E-state index is 0.467. The van der Waals surface area contributed by atoms with Gasteiger partial charge in [0.05, 0.1) is 16.7 Å². The van der Waals surface area contributed by atoms with Crippen LogP contribution >= 0.6 is 11.6 Å². The second kappa shape index (κ2) is 8.18. The lowest BCUT2D eigenvalue weighted by molar-refractivity contribution is 1.00. The maximum atomic E-state index is 6.12. The zero-order valence-corrected chi connectivity index (χ0v) is 14.8. The van der Waals surface area contributed by atoms with Gasteiger partial charge in [-0.1, -0.05) is 50.1 Å². The van der Waals surface area contributed by atoms with Crippen molar-refractivity contribution in [2.24, 2.45) is 5.73 Å². The van der Waals surface area contributed by atoms with Crippen LogP contribution in [0.25, 0.3) is 11.0 Å². The first-order chi connectivity index (χ1) is 11.1. The Kier molecular flexibility index (Phi) is 6.25. The van der Waals surface area contributed by atoms with Crippen LogP contribution in [0, 0.1) is 6.92 Å². The van der Waals surface area contributed by atoms with Crippen LogP contribution in [0.15, 0.2) is 29.9 Å². The van der Waals surface area contributed by atoms with E-state index in [4.69, 9.17) is 17.3 Å². The molecule has 0 fully saturated rings. The Morgan fingerprint density at radius 2 is 2.13 bits per heavy atom. The number of halogens is 1. The molecule has 0 aromatic carbocycles. The average Bonchev–Trinajstić information content (AvgIpc) is 3.14. The van der Waals surface area contributed by atoms with Crippen LogP contribution < -0.4 is 11.1 Å². The lowest BCUT2D eigenvalue weighted by Gasteiger charge is -2.09. The number of hydrogen-bond acceptors (Lipinski definition) is 3. The number of nitrogens with two attached hydrogens (primary N) is 1.